The lowest BCUT2D eigenvalue weighted by Crippen LogP contribution is -2.60. The summed E-state index contributed by atoms with van der Waals surface area (Å²) in [7, 11) is -3.99. The van der Waals surface area contributed by atoms with E-state index >= 15 is 0 Å². The Balaban J connectivity index is 1.41. The Labute approximate surface area is 324 Å². The number of anilines is 2. The average Bonchev–Trinajstić information content (AvgIpc) is 3.94. The number of amides is 5. The molecule has 1 aromatic rings. The number of halogens is 3. The Kier molecular flexibility index (Phi) is 11.7. The molecule has 2 saturated heterocycles. The van der Waals surface area contributed by atoms with Crippen LogP contribution in [0.4, 0.5) is 34.1 Å². The molecule has 0 radical (unpaired) electrons. The zero-order chi connectivity index (χ0) is 41.6. The predicted octanol–water partition coefficient (Wildman–Crippen LogP) is 4.43. The van der Waals surface area contributed by atoms with Gasteiger partial charge in [0.25, 0.3) is 5.91 Å². The molecule has 4 N–H and O–H groups in total. The first-order valence-electron chi connectivity index (χ1n) is 18.6. The molecule has 4 aliphatic rings. The van der Waals surface area contributed by atoms with Gasteiger partial charge in [0, 0.05) is 25.4 Å². The molecule has 0 bridgehead atoms. The number of carbonyl (C=O) groups is 5. The fraction of sp³-hybridized carbons (Fsp3) is 0.649. The van der Waals surface area contributed by atoms with Crippen molar-refractivity contribution in [2.24, 2.45) is 11.3 Å². The topological polar surface area (TPSA) is 193 Å². The van der Waals surface area contributed by atoms with Gasteiger partial charge in [-0.05, 0) is 76.5 Å². The number of alkyl halides is 3. The van der Waals surface area contributed by atoms with Gasteiger partial charge in [0.2, 0.25) is 21.8 Å². The summed E-state index contributed by atoms with van der Waals surface area (Å²) >= 11 is 0. The van der Waals surface area contributed by atoms with Crippen LogP contribution in [-0.2, 0) is 40.1 Å². The summed E-state index contributed by atoms with van der Waals surface area (Å²) in [6.45, 7) is 14.4. The summed E-state index contributed by atoms with van der Waals surface area (Å²) in [5.41, 5.74) is -4.33. The van der Waals surface area contributed by atoms with E-state index < -0.39 is 97.6 Å². The van der Waals surface area contributed by atoms with Crippen molar-refractivity contribution in [2.45, 2.75) is 121 Å². The van der Waals surface area contributed by atoms with Crippen molar-refractivity contribution in [1.29, 1.82) is 0 Å². The monoisotopic (exact) mass is 812 g/mol. The molecule has 4 fully saturated rings. The molecule has 19 heteroatoms. The summed E-state index contributed by atoms with van der Waals surface area (Å²) < 4.78 is 79.5. The third-order valence-electron chi connectivity index (χ3n) is 10.2. The van der Waals surface area contributed by atoms with Crippen LogP contribution in [0.5, 0.6) is 0 Å². The third kappa shape index (κ3) is 9.87. The molecule has 15 nitrogen and oxygen atoms in total. The van der Waals surface area contributed by atoms with Gasteiger partial charge < -0.3 is 29.9 Å². The van der Waals surface area contributed by atoms with Crippen LogP contribution < -0.4 is 25.6 Å². The van der Waals surface area contributed by atoms with E-state index in [2.05, 4.69) is 27.3 Å². The van der Waals surface area contributed by atoms with Gasteiger partial charge in [-0.15, -0.1) is 6.58 Å². The minimum atomic E-state index is -4.70. The van der Waals surface area contributed by atoms with Crippen molar-refractivity contribution in [3.63, 3.8) is 0 Å². The lowest BCUT2D eigenvalue weighted by Gasteiger charge is -2.36. The Morgan fingerprint density at radius 1 is 1.00 bits per heavy atom. The molecular formula is C37H51F3N6O9S. The number of sulfonamides is 1. The highest BCUT2D eigenvalue weighted by Crippen LogP contribution is 2.46. The smallest absolute Gasteiger partial charge is 0.416 e. The Morgan fingerprint density at radius 3 is 2.18 bits per heavy atom. The van der Waals surface area contributed by atoms with Crippen molar-refractivity contribution >= 4 is 51.3 Å². The van der Waals surface area contributed by atoms with E-state index in [4.69, 9.17) is 9.47 Å². The first-order valence-corrected chi connectivity index (χ1v) is 20.1. The number of ether oxygens (including phenoxy) is 2. The van der Waals surface area contributed by atoms with E-state index in [0.29, 0.717) is 31.6 Å². The summed E-state index contributed by atoms with van der Waals surface area (Å²) in [5, 5.41) is 6.92. The number of likely N-dealkylation sites (tertiary alicyclic amines) is 1. The molecule has 0 unspecified atom stereocenters. The molecular weight excluding hydrogens is 762 g/mol. The third-order valence-corrected chi connectivity index (χ3v) is 12.0. The quantitative estimate of drug-likeness (QED) is 0.233. The maximum atomic E-state index is 14.4. The largest absolute Gasteiger partial charge is 0.444 e. The van der Waals surface area contributed by atoms with E-state index in [1.165, 1.54) is 12.1 Å². The molecule has 2 heterocycles. The maximum Gasteiger partial charge on any atom is 0.416 e. The Hall–Kier alpha value is -4.55. The first kappa shape index (κ1) is 42.6. The molecule has 1 aromatic carbocycles. The van der Waals surface area contributed by atoms with Crippen molar-refractivity contribution in [3.8, 4) is 0 Å². The van der Waals surface area contributed by atoms with Crippen LogP contribution in [0, 0.1) is 11.3 Å². The molecule has 2 saturated carbocycles. The number of carbonyl (C=O) groups excluding carboxylic acids is 5. The molecule has 310 valence electrons. The maximum absolute atomic E-state index is 14.4. The second kappa shape index (κ2) is 15.4. The van der Waals surface area contributed by atoms with Crippen molar-refractivity contribution in [3.05, 3.63) is 36.4 Å². The van der Waals surface area contributed by atoms with E-state index in [1.807, 2.05) is 4.90 Å². The zero-order valence-electron chi connectivity index (χ0n) is 32.4. The van der Waals surface area contributed by atoms with E-state index in [0.717, 1.165) is 29.9 Å². The summed E-state index contributed by atoms with van der Waals surface area (Å²) in [4.78, 5) is 71.2. The number of nitrogens with one attached hydrogen (secondary N) is 4. The summed E-state index contributed by atoms with van der Waals surface area (Å²) in [6, 6.07) is 0.327. The van der Waals surface area contributed by atoms with Crippen molar-refractivity contribution in [1.82, 2.24) is 20.3 Å². The van der Waals surface area contributed by atoms with Crippen LogP contribution in [0.3, 0.4) is 0 Å². The predicted molar refractivity (Wildman–Crippen MR) is 199 cm³/mol. The van der Waals surface area contributed by atoms with Gasteiger partial charge >= 0.3 is 18.4 Å². The van der Waals surface area contributed by atoms with Crippen LogP contribution >= 0.6 is 0 Å². The second-order valence-electron chi connectivity index (χ2n) is 16.9. The molecule has 0 aromatic heterocycles. The molecule has 5 amide bonds. The molecule has 5 rings (SSSR count). The fourth-order valence-corrected chi connectivity index (χ4v) is 8.33. The number of hydrogen-bond acceptors (Lipinski definition) is 10. The van der Waals surface area contributed by atoms with Gasteiger partial charge in [0.05, 0.1) is 28.7 Å². The summed E-state index contributed by atoms with van der Waals surface area (Å²) in [6.07, 6.45) is -4.42. The molecule has 0 spiro atoms. The van der Waals surface area contributed by atoms with Gasteiger partial charge in [-0.2, -0.15) is 13.2 Å². The van der Waals surface area contributed by atoms with E-state index in [-0.39, 0.29) is 25.1 Å². The van der Waals surface area contributed by atoms with Gasteiger partial charge in [-0.25, -0.2) is 18.0 Å². The highest BCUT2D eigenvalue weighted by molar-refractivity contribution is 7.91. The van der Waals surface area contributed by atoms with Crippen LogP contribution in [0.1, 0.15) is 85.6 Å². The number of rotatable bonds is 11. The number of benzene rings is 1. The van der Waals surface area contributed by atoms with Crippen molar-refractivity contribution in [2.75, 3.05) is 29.9 Å². The number of nitrogens with zero attached hydrogens (tertiary/aromatic N) is 2. The number of hydrogen-bond donors (Lipinski definition) is 4. The SMILES string of the molecule is C=C[C@H]1C[C@]1(NC(=O)[C@@H]1C[C@@H](OC(=O)Nc2cc(C(F)(F)F)ccc2N2CCCC2)CN1C(=O)[C@@H](NC(=O)OC(C)(C)C)C(C)(C)C)C(=O)NS(=O)(=O)C1CC1. The van der Waals surface area contributed by atoms with E-state index in [1.54, 1.807) is 41.5 Å². The molecule has 5 atom stereocenters. The van der Waals surface area contributed by atoms with Gasteiger partial charge in [0.1, 0.15) is 29.3 Å². The Morgan fingerprint density at radius 2 is 1.64 bits per heavy atom. The highest BCUT2D eigenvalue weighted by atomic mass is 32.2. The van der Waals surface area contributed by atoms with E-state index in [9.17, 15) is 45.6 Å². The fourth-order valence-electron chi connectivity index (χ4n) is 6.97. The lowest BCUT2D eigenvalue weighted by molar-refractivity contribution is -0.143. The second-order valence-corrected chi connectivity index (χ2v) is 18.9. The minimum Gasteiger partial charge on any atom is -0.444 e. The normalized spacial score (nSPS) is 24.5. The standard InChI is InChI=1S/C37H51F3N6O9S/c1-8-21-19-36(21,31(49)44-56(52,53)24-12-13-24)43-29(47)27-18-23(20-46(27)30(48)28(34(2,3)4)42-33(51)55-35(5,6)7)54-32(50)41-25-17-22(37(38,39)40)11-14-26(25)45-15-9-10-16-45/h8,11,14,17,21,23-24,27-28H,1,9-10,12-13,15-16,18-20H2,2-7H3,(H,41,50)(H,42,51)(H,43,47)(H,44,49)/t21-,23+,27-,28+,36+/m0/s1. The van der Waals surface area contributed by atoms with Gasteiger partial charge in [-0.1, -0.05) is 26.8 Å². The van der Waals surface area contributed by atoms with Crippen LogP contribution in [0.15, 0.2) is 30.9 Å². The van der Waals surface area contributed by atoms with Crippen LogP contribution in [-0.4, -0.2) is 97.4 Å². The zero-order valence-corrected chi connectivity index (χ0v) is 33.2. The molecule has 56 heavy (non-hydrogen) atoms. The van der Waals surface area contributed by atoms with Gasteiger partial charge in [0.15, 0.2) is 0 Å². The first-order chi connectivity index (χ1) is 25.8. The average molecular weight is 813 g/mol. The minimum absolute atomic E-state index is 0.0262. The molecule has 2 aliphatic carbocycles. The molecule has 2 aliphatic heterocycles. The highest BCUT2D eigenvalue weighted by Gasteiger charge is 2.62. The Bertz CT molecular complexity index is 1850. The van der Waals surface area contributed by atoms with Crippen LogP contribution in [0.2, 0.25) is 0 Å². The number of alkyl carbamates (subject to hydrolysis) is 1. The van der Waals surface area contributed by atoms with Gasteiger partial charge in [-0.3, -0.25) is 24.4 Å². The van der Waals surface area contributed by atoms with Crippen LogP contribution in [0.25, 0.3) is 0 Å². The summed E-state index contributed by atoms with van der Waals surface area (Å²) in [5.74, 6) is -3.22. The van der Waals surface area contributed by atoms with Crippen molar-refractivity contribution < 1.29 is 55.0 Å². The lowest BCUT2D eigenvalue weighted by atomic mass is 9.85.